The summed E-state index contributed by atoms with van der Waals surface area (Å²) in [6.07, 6.45) is 8.17. The fourth-order valence-electron chi connectivity index (χ4n) is 4.94. The Hall–Kier alpha value is -2.38. The number of aliphatic imine (C=N–C) groups is 1. The summed E-state index contributed by atoms with van der Waals surface area (Å²) in [6.45, 7) is 4.53. The van der Waals surface area contributed by atoms with Crippen molar-refractivity contribution in [3.05, 3.63) is 40.3 Å². The topological polar surface area (TPSA) is 74.6 Å². The predicted molar refractivity (Wildman–Crippen MR) is 124 cm³/mol. The molecule has 0 bridgehead atoms. The molecular weight excluding hydrogens is 412 g/mol. The molecule has 5 rings (SSSR count). The molecule has 0 aliphatic carbocycles. The highest BCUT2D eigenvalue weighted by atomic mass is 35.5. The van der Waals surface area contributed by atoms with Gasteiger partial charge in [-0.2, -0.15) is 0 Å². The maximum Gasteiger partial charge on any atom is 0.228 e. The standard InChI is InChI=1S/C23H29ClN6O/c1-15-17(24)8-5-9-18(15)27-23(31)16-7-6-11-29(13-16)21-20-22(26-14-25-21)30-12-4-2-3-10-19(30)28-20/h5,8-9,14,16,21H,2-4,6-7,10-13H2,1H3,(H,25,26)(H,27,31)/t16-,21+/m1/s1. The second-order valence-electron chi connectivity index (χ2n) is 8.76. The van der Waals surface area contributed by atoms with Gasteiger partial charge in [0.15, 0.2) is 6.17 Å². The number of hydrogen-bond donors (Lipinski definition) is 2. The molecule has 1 aromatic carbocycles. The Morgan fingerprint density at radius 1 is 1.23 bits per heavy atom. The van der Waals surface area contributed by atoms with Crippen LogP contribution in [0.15, 0.2) is 23.2 Å². The van der Waals surface area contributed by atoms with Gasteiger partial charge in [-0.3, -0.25) is 9.69 Å². The molecule has 4 heterocycles. The first-order valence-corrected chi connectivity index (χ1v) is 11.7. The molecule has 0 unspecified atom stereocenters. The number of halogens is 1. The minimum absolute atomic E-state index is 0.0498. The highest BCUT2D eigenvalue weighted by Crippen LogP contribution is 2.36. The van der Waals surface area contributed by atoms with Crippen molar-refractivity contribution in [3.63, 3.8) is 0 Å². The first-order chi connectivity index (χ1) is 15.1. The number of anilines is 2. The molecule has 0 radical (unpaired) electrons. The molecule has 2 atom stereocenters. The van der Waals surface area contributed by atoms with Gasteiger partial charge in [0.2, 0.25) is 5.91 Å². The normalized spacial score (nSPS) is 23.4. The quantitative estimate of drug-likeness (QED) is 0.742. The number of nitrogens with zero attached hydrogens (tertiary/aromatic N) is 4. The molecule has 2 N–H and O–H groups in total. The number of piperidine rings is 1. The molecule has 3 aliphatic rings. The average molecular weight is 441 g/mol. The number of aromatic nitrogens is 2. The van der Waals surface area contributed by atoms with E-state index in [1.807, 2.05) is 25.1 Å². The van der Waals surface area contributed by atoms with Gasteiger partial charge in [0.25, 0.3) is 0 Å². The molecule has 1 aromatic heterocycles. The van der Waals surface area contributed by atoms with Gasteiger partial charge in [0.1, 0.15) is 17.3 Å². The van der Waals surface area contributed by atoms with Crippen LogP contribution < -0.4 is 10.6 Å². The minimum Gasteiger partial charge on any atom is -0.331 e. The summed E-state index contributed by atoms with van der Waals surface area (Å²) in [4.78, 5) is 25.1. The number of hydrogen-bond acceptors (Lipinski definition) is 5. The molecule has 8 heteroatoms. The summed E-state index contributed by atoms with van der Waals surface area (Å²) in [5, 5.41) is 7.09. The van der Waals surface area contributed by atoms with Crippen LogP contribution in [0.5, 0.6) is 0 Å². The van der Waals surface area contributed by atoms with E-state index >= 15 is 0 Å². The summed E-state index contributed by atoms with van der Waals surface area (Å²) in [7, 11) is 0. The summed E-state index contributed by atoms with van der Waals surface area (Å²) < 4.78 is 2.33. The average Bonchev–Trinajstić information content (AvgIpc) is 2.97. The largest absolute Gasteiger partial charge is 0.331 e. The van der Waals surface area contributed by atoms with E-state index < -0.39 is 0 Å². The third kappa shape index (κ3) is 3.96. The highest BCUT2D eigenvalue weighted by molar-refractivity contribution is 6.31. The van der Waals surface area contributed by atoms with Crippen molar-refractivity contribution in [1.82, 2.24) is 14.5 Å². The van der Waals surface area contributed by atoms with E-state index in [2.05, 4.69) is 20.1 Å². The van der Waals surface area contributed by atoms with Crippen LogP contribution in [0.2, 0.25) is 5.02 Å². The third-order valence-corrected chi connectivity index (χ3v) is 7.12. The van der Waals surface area contributed by atoms with Crippen LogP contribution in [-0.2, 0) is 17.8 Å². The predicted octanol–water partition coefficient (Wildman–Crippen LogP) is 4.37. The van der Waals surface area contributed by atoms with Crippen LogP contribution in [0.4, 0.5) is 11.5 Å². The number of amides is 1. The zero-order chi connectivity index (χ0) is 21.4. The molecule has 0 spiro atoms. The fraction of sp³-hybridized carbons (Fsp3) is 0.522. The zero-order valence-electron chi connectivity index (χ0n) is 17.9. The van der Waals surface area contributed by atoms with Gasteiger partial charge < -0.3 is 15.2 Å². The monoisotopic (exact) mass is 440 g/mol. The summed E-state index contributed by atoms with van der Waals surface area (Å²) in [6, 6.07) is 5.61. The maximum absolute atomic E-state index is 13.1. The molecule has 1 saturated heterocycles. The number of carbonyl (C=O) groups is 1. The van der Waals surface area contributed by atoms with Crippen molar-refractivity contribution in [1.29, 1.82) is 0 Å². The number of likely N-dealkylation sites (tertiary alicyclic amines) is 1. The smallest absolute Gasteiger partial charge is 0.228 e. The van der Waals surface area contributed by atoms with E-state index in [0.29, 0.717) is 11.6 Å². The van der Waals surface area contributed by atoms with Crippen molar-refractivity contribution in [2.45, 2.75) is 58.2 Å². The molecular formula is C23H29ClN6O. The number of benzene rings is 1. The molecule has 7 nitrogen and oxygen atoms in total. The second kappa shape index (κ2) is 8.63. The van der Waals surface area contributed by atoms with Gasteiger partial charge in [-0.05, 0) is 50.3 Å². The van der Waals surface area contributed by atoms with E-state index in [9.17, 15) is 4.79 Å². The lowest BCUT2D eigenvalue weighted by Crippen LogP contribution is -2.43. The molecule has 0 saturated carbocycles. The number of carbonyl (C=O) groups excluding carboxylic acids is 1. The molecule has 164 valence electrons. The lowest BCUT2D eigenvalue weighted by atomic mass is 9.96. The van der Waals surface area contributed by atoms with Gasteiger partial charge in [0, 0.05) is 36.8 Å². The molecule has 3 aliphatic heterocycles. The van der Waals surface area contributed by atoms with Crippen molar-refractivity contribution >= 4 is 35.4 Å². The first-order valence-electron chi connectivity index (χ1n) is 11.3. The number of nitrogens with one attached hydrogen (secondary N) is 2. The van der Waals surface area contributed by atoms with Crippen molar-refractivity contribution in [2.75, 3.05) is 23.7 Å². The first kappa shape index (κ1) is 20.5. The van der Waals surface area contributed by atoms with Gasteiger partial charge in [-0.15, -0.1) is 0 Å². The Bertz CT molecular complexity index is 1020. The Kier molecular flexibility index (Phi) is 5.71. The molecule has 31 heavy (non-hydrogen) atoms. The van der Waals surface area contributed by atoms with Gasteiger partial charge in [-0.1, -0.05) is 24.1 Å². The molecule has 2 aromatic rings. The lowest BCUT2D eigenvalue weighted by molar-refractivity contribution is -0.121. The van der Waals surface area contributed by atoms with Crippen LogP contribution >= 0.6 is 11.6 Å². The van der Waals surface area contributed by atoms with E-state index in [0.717, 1.165) is 60.9 Å². The van der Waals surface area contributed by atoms with Crippen molar-refractivity contribution < 1.29 is 4.79 Å². The van der Waals surface area contributed by atoms with Crippen molar-refractivity contribution in [3.8, 4) is 0 Å². The van der Waals surface area contributed by atoms with E-state index in [1.165, 1.54) is 19.3 Å². The molecule has 1 fully saturated rings. The third-order valence-electron chi connectivity index (χ3n) is 6.71. The Balaban J connectivity index is 1.33. The maximum atomic E-state index is 13.1. The highest BCUT2D eigenvalue weighted by Gasteiger charge is 2.35. The van der Waals surface area contributed by atoms with Crippen LogP contribution in [0.3, 0.4) is 0 Å². The molecule has 1 amide bonds. The van der Waals surface area contributed by atoms with Crippen LogP contribution in [0.25, 0.3) is 0 Å². The van der Waals surface area contributed by atoms with E-state index in [-0.39, 0.29) is 18.0 Å². The van der Waals surface area contributed by atoms with Gasteiger partial charge >= 0.3 is 0 Å². The number of fused-ring (bicyclic) bond motifs is 3. The van der Waals surface area contributed by atoms with E-state index in [1.54, 1.807) is 6.34 Å². The Morgan fingerprint density at radius 3 is 3.03 bits per heavy atom. The number of rotatable bonds is 3. The van der Waals surface area contributed by atoms with Crippen molar-refractivity contribution in [2.24, 2.45) is 10.9 Å². The Morgan fingerprint density at radius 2 is 2.13 bits per heavy atom. The van der Waals surface area contributed by atoms with Crippen LogP contribution in [0, 0.1) is 12.8 Å². The summed E-state index contributed by atoms with van der Waals surface area (Å²) in [5.41, 5.74) is 2.69. The second-order valence-corrected chi connectivity index (χ2v) is 9.16. The van der Waals surface area contributed by atoms with Gasteiger partial charge in [0.05, 0.1) is 12.3 Å². The fourth-order valence-corrected chi connectivity index (χ4v) is 5.11. The minimum atomic E-state index is -0.126. The number of imidazole rings is 1. The number of aryl methyl sites for hydroxylation is 1. The SMILES string of the molecule is Cc1c(Cl)cccc1NC(=O)[C@@H]1CCCN([C@@H]2N=CNc3c2nc2n3CCCCC2)C1. The van der Waals surface area contributed by atoms with Crippen LogP contribution in [-0.4, -0.2) is 39.8 Å². The van der Waals surface area contributed by atoms with Gasteiger partial charge in [-0.25, -0.2) is 9.98 Å². The van der Waals surface area contributed by atoms with Crippen LogP contribution in [0.1, 0.15) is 55.4 Å². The lowest BCUT2D eigenvalue weighted by Gasteiger charge is -2.36. The summed E-state index contributed by atoms with van der Waals surface area (Å²) >= 11 is 6.22. The summed E-state index contributed by atoms with van der Waals surface area (Å²) in [5.74, 6) is 2.21. The van der Waals surface area contributed by atoms with E-state index in [4.69, 9.17) is 21.6 Å². The zero-order valence-corrected chi connectivity index (χ0v) is 18.7. The Labute approximate surface area is 187 Å².